The Morgan fingerprint density at radius 3 is 2.10 bits per heavy atom. The van der Waals surface area contributed by atoms with Crippen LogP contribution in [-0.2, 0) is 19.0 Å². The number of esters is 1. The molecule has 2 aliphatic carbocycles. The van der Waals surface area contributed by atoms with E-state index in [4.69, 9.17) is 14.2 Å². The fourth-order valence-electron chi connectivity index (χ4n) is 2.47. The van der Waals surface area contributed by atoms with Gasteiger partial charge < -0.3 is 14.2 Å². The Labute approximate surface area is 120 Å². The van der Waals surface area contributed by atoms with Crippen LogP contribution in [0, 0.1) is 0 Å². The van der Waals surface area contributed by atoms with Gasteiger partial charge in [-0.3, -0.25) is 4.79 Å². The largest absolute Gasteiger partial charge is 0.426 e. The molecule has 112 valence electrons. The van der Waals surface area contributed by atoms with Crippen molar-refractivity contribution in [3.63, 3.8) is 0 Å². The molecule has 0 aromatic heterocycles. The first-order chi connectivity index (χ1) is 9.61. The van der Waals surface area contributed by atoms with E-state index in [1.807, 2.05) is 19.1 Å². The Bertz CT molecular complexity index is 383. The first-order valence-corrected chi connectivity index (χ1v) is 7.59. The predicted octanol–water partition coefficient (Wildman–Crippen LogP) is 4.17. The quantitative estimate of drug-likeness (QED) is 0.518. The van der Waals surface area contributed by atoms with Crippen LogP contribution >= 0.6 is 0 Å². The van der Waals surface area contributed by atoms with Gasteiger partial charge in [0.15, 0.2) is 0 Å². The van der Waals surface area contributed by atoms with Crippen LogP contribution in [0.25, 0.3) is 0 Å². The molecule has 0 fully saturated rings. The van der Waals surface area contributed by atoms with Crippen molar-refractivity contribution in [3.05, 3.63) is 23.7 Å². The number of carbonyl (C=O) groups excluding carboxylic acids is 1. The summed E-state index contributed by atoms with van der Waals surface area (Å²) in [4.78, 5) is 11.8. The van der Waals surface area contributed by atoms with Crippen molar-refractivity contribution in [2.75, 3.05) is 0 Å². The van der Waals surface area contributed by atoms with Crippen LogP contribution in [0.4, 0.5) is 0 Å². The topological polar surface area (TPSA) is 44.8 Å². The molecule has 0 spiro atoms. The van der Waals surface area contributed by atoms with Gasteiger partial charge in [-0.2, -0.15) is 0 Å². The van der Waals surface area contributed by atoms with E-state index in [9.17, 15) is 4.79 Å². The fraction of sp³-hybridized carbons (Fsp3) is 0.688. The Morgan fingerprint density at radius 1 is 1.15 bits per heavy atom. The summed E-state index contributed by atoms with van der Waals surface area (Å²) in [7, 11) is 0. The predicted molar refractivity (Wildman–Crippen MR) is 75.4 cm³/mol. The van der Waals surface area contributed by atoms with Gasteiger partial charge in [0.05, 0.1) is 6.92 Å². The van der Waals surface area contributed by atoms with E-state index in [-0.39, 0.29) is 5.97 Å². The molecular weight excluding hydrogens is 256 g/mol. The number of rotatable bonds is 7. The summed E-state index contributed by atoms with van der Waals surface area (Å²) in [5.74, 6) is 0.0940. The van der Waals surface area contributed by atoms with Gasteiger partial charge in [-0.25, -0.2) is 0 Å². The SMILES string of the molecule is CCCC(=O)OC(C)(OC1=CCCC1)OC1=CCCC1. The van der Waals surface area contributed by atoms with E-state index in [2.05, 4.69) is 0 Å². The Kier molecular flexibility index (Phi) is 5.10. The number of carbonyl (C=O) groups is 1. The van der Waals surface area contributed by atoms with Crippen molar-refractivity contribution in [3.8, 4) is 0 Å². The first-order valence-electron chi connectivity index (χ1n) is 7.59. The third-order valence-electron chi connectivity index (χ3n) is 3.38. The molecule has 2 aliphatic rings. The summed E-state index contributed by atoms with van der Waals surface area (Å²) in [6.07, 6.45) is 11.1. The molecule has 0 atom stereocenters. The van der Waals surface area contributed by atoms with Crippen molar-refractivity contribution in [2.45, 2.75) is 71.2 Å². The number of hydrogen-bond donors (Lipinski definition) is 0. The molecule has 0 radical (unpaired) electrons. The van der Waals surface area contributed by atoms with Gasteiger partial charge in [-0.15, -0.1) is 0 Å². The van der Waals surface area contributed by atoms with Crippen LogP contribution in [0.1, 0.15) is 65.2 Å². The monoisotopic (exact) mass is 280 g/mol. The lowest BCUT2D eigenvalue weighted by Crippen LogP contribution is -2.37. The molecule has 0 aromatic rings. The van der Waals surface area contributed by atoms with Crippen molar-refractivity contribution in [1.29, 1.82) is 0 Å². The molecule has 0 aliphatic heterocycles. The zero-order valence-electron chi connectivity index (χ0n) is 12.4. The summed E-state index contributed by atoms with van der Waals surface area (Å²) in [6, 6.07) is 0. The Balaban J connectivity index is 2.02. The molecule has 0 saturated heterocycles. The molecule has 0 unspecified atom stereocenters. The molecule has 4 heteroatoms. The van der Waals surface area contributed by atoms with Gasteiger partial charge >= 0.3 is 11.9 Å². The third-order valence-corrected chi connectivity index (χ3v) is 3.38. The second-order valence-electron chi connectivity index (χ2n) is 5.42. The van der Waals surface area contributed by atoms with E-state index >= 15 is 0 Å². The van der Waals surface area contributed by atoms with Crippen LogP contribution in [0.15, 0.2) is 23.7 Å². The van der Waals surface area contributed by atoms with Crippen LogP contribution in [0.3, 0.4) is 0 Å². The maximum atomic E-state index is 11.8. The minimum atomic E-state index is -1.33. The van der Waals surface area contributed by atoms with Crippen molar-refractivity contribution in [2.24, 2.45) is 0 Å². The van der Waals surface area contributed by atoms with E-state index in [0.717, 1.165) is 56.5 Å². The van der Waals surface area contributed by atoms with Gasteiger partial charge in [0, 0.05) is 19.3 Å². The highest BCUT2D eigenvalue weighted by Crippen LogP contribution is 2.31. The smallest absolute Gasteiger partial charge is 0.415 e. The number of allylic oxidation sites excluding steroid dienone is 4. The molecule has 0 aromatic carbocycles. The lowest BCUT2D eigenvalue weighted by Gasteiger charge is -2.31. The molecule has 0 saturated carbocycles. The van der Waals surface area contributed by atoms with Gasteiger partial charge in [0.25, 0.3) is 0 Å². The highest BCUT2D eigenvalue weighted by Gasteiger charge is 2.36. The van der Waals surface area contributed by atoms with Crippen molar-refractivity contribution < 1.29 is 19.0 Å². The number of ether oxygens (including phenoxy) is 3. The standard InChI is InChI=1S/C16H24O4/c1-3-8-15(17)20-16(2,18-13-9-4-5-10-13)19-14-11-6-7-12-14/h9,11H,3-8,10,12H2,1-2H3. The normalized spacial score (nSPS) is 18.5. The second-order valence-corrected chi connectivity index (χ2v) is 5.42. The summed E-state index contributed by atoms with van der Waals surface area (Å²) in [5, 5.41) is 0. The average Bonchev–Trinajstić information content (AvgIpc) is 3.02. The van der Waals surface area contributed by atoms with Crippen LogP contribution in [0.2, 0.25) is 0 Å². The maximum Gasteiger partial charge on any atom is 0.415 e. The fourth-order valence-corrected chi connectivity index (χ4v) is 2.47. The first kappa shape index (κ1) is 14.9. The molecule has 0 bridgehead atoms. The Morgan fingerprint density at radius 2 is 1.70 bits per heavy atom. The minimum Gasteiger partial charge on any atom is -0.426 e. The molecule has 20 heavy (non-hydrogen) atoms. The molecule has 0 heterocycles. The van der Waals surface area contributed by atoms with Crippen LogP contribution in [-0.4, -0.2) is 11.9 Å². The molecule has 0 amide bonds. The lowest BCUT2D eigenvalue weighted by atomic mass is 10.3. The van der Waals surface area contributed by atoms with Crippen LogP contribution in [0.5, 0.6) is 0 Å². The summed E-state index contributed by atoms with van der Waals surface area (Å²) < 4.78 is 17.1. The Hall–Kier alpha value is -1.45. The summed E-state index contributed by atoms with van der Waals surface area (Å²) in [6.45, 7) is 3.62. The molecule has 2 rings (SSSR count). The minimum absolute atomic E-state index is 0.285. The lowest BCUT2D eigenvalue weighted by molar-refractivity contribution is -0.323. The number of hydrogen-bond acceptors (Lipinski definition) is 4. The van der Waals surface area contributed by atoms with E-state index in [1.54, 1.807) is 6.92 Å². The molecule has 0 N–H and O–H groups in total. The second kappa shape index (κ2) is 6.82. The van der Waals surface area contributed by atoms with Crippen LogP contribution < -0.4 is 0 Å². The van der Waals surface area contributed by atoms with E-state index < -0.39 is 5.97 Å². The van der Waals surface area contributed by atoms with Gasteiger partial charge in [-0.1, -0.05) is 6.92 Å². The summed E-state index contributed by atoms with van der Waals surface area (Å²) >= 11 is 0. The van der Waals surface area contributed by atoms with Gasteiger partial charge in [-0.05, 0) is 44.3 Å². The highest BCUT2D eigenvalue weighted by atomic mass is 16.9. The molecule has 4 nitrogen and oxygen atoms in total. The van der Waals surface area contributed by atoms with Gasteiger partial charge in [0.1, 0.15) is 11.5 Å². The third kappa shape index (κ3) is 4.29. The van der Waals surface area contributed by atoms with Crippen molar-refractivity contribution >= 4 is 5.97 Å². The van der Waals surface area contributed by atoms with E-state index in [0.29, 0.717) is 6.42 Å². The van der Waals surface area contributed by atoms with Gasteiger partial charge in [0.2, 0.25) is 0 Å². The summed E-state index contributed by atoms with van der Waals surface area (Å²) in [5.41, 5.74) is 0. The molecular formula is C16H24O4. The highest BCUT2D eigenvalue weighted by molar-refractivity contribution is 5.69. The zero-order chi connectivity index (χ0) is 14.4. The maximum absolute atomic E-state index is 11.8. The zero-order valence-corrected chi connectivity index (χ0v) is 12.4. The average molecular weight is 280 g/mol. The van der Waals surface area contributed by atoms with E-state index in [1.165, 1.54) is 0 Å². The van der Waals surface area contributed by atoms with Crippen molar-refractivity contribution in [1.82, 2.24) is 0 Å².